The van der Waals surface area contributed by atoms with Crippen LogP contribution in [0.25, 0.3) is 5.52 Å². The zero-order valence-electron chi connectivity index (χ0n) is 14.4. The molecule has 0 unspecified atom stereocenters. The smallest absolute Gasteiger partial charge is 0.171 e. The molecule has 132 valence electrons. The molecule has 3 aromatic rings. The minimum Gasteiger partial charge on any atom is -0.362 e. The molecule has 2 aliphatic rings. The van der Waals surface area contributed by atoms with E-state index in [9.17, 15) is 9.65 Å². The highest BCUT2D eigenvalue weighted by molar-refractivity contribution is 5.75. The van der Waals surface area contributed by atoms with E-state index in [1.165, 1.54) is 22.0 Å². The van der Waals surface area contributed by atoms with Crippen LogP contribution >= 0.6 is 0 Å². The molecule has 8 heteroatoms. The zero-order valence-corrected chi connectivity index (χ0v) is 14.4. The number of hydrogen-bond donors (Lipinski definition) is 1. The van der Waals surface area contributed by atoms with Gasteiger partial charge in [0.1, 0.15) is 17.3 Å². The molecule has 0 saturated heterocycles. The van der Waals surface area contributed by atoms with Crippen molar-refractivity contribution in [2.45, 2.75) is 32.5 Å². The maximum Gasteiger partial charge on any atom is 0.171 e. The second-order valence-electron chi connectivity index (χ2n) is 6.94. The molecule has 3 aromatic heterocycles. The molecular formula is C18H18FN7. The van der Waals surface area contributed by atoms with Gasteiger partial charge in [0, 0.05) is 18.7 Å². The fraction of sp³-hybridized carbons (Fsp3) is 0.389. The first kappa shape index (κ1) is 15.3. The molecule has 5 heterocycles. The molecule has 1 atom stereocenters. The van der Waals surface area contributed by atoms with E-state index in [4.69, 9.17) is 5.10 Å². The summed E-state index contributed by atoms with van der Waals surface area (Å²) in [5.41, 5.74) is 5.11. The van der Waals surface area contributed by atoms with E-state index < -0.39 is 5.82 Å². The predicted molar refractivity (Wildman–Crippen MR) is 93.3 cm³/mol. The first-order valence-corrected chi connectivity index (χ1v) is 8.78. The predicted octanol–water partition coefficient (Wildman–Crippen LogP) is 1.77. The van der Waals surface area contributed by atoms with Crippen LogP contribution in [0, 0.1) is 17.1 Å². The zero-order chi connectivity index (χ0) is 17.8. The fourth-order valence-electron chi connectivity index (χ4n) is 4.15. The summed E-state index contributed by atoms with van der Waals surface area (Å²) in [6, 6.07) is 5.78. The van der Waals surface area contributed by atoms with Crippen molar-refractivity contribution < 1.29 is 4.39 Å². The Balaban J connectivity index is 1.63. The lowest BCUT2D eigenvalue weighted by atomic mass is 10.0. The highest BCUT2D eigenvalue weighted by Gasteiger charge is 2.30. The van der Waals surface area contributed by atoms with Crippen molar-refractivity contribution in [2.75, 3.05) is 18.0 Å². The number of pyridine rings is 1. The standard InChI is InChI=1S/C18H18FN7/c1-11-9-24(10-17-13-4-5-21-8-15(13)23-25(11)17)16-3-2-12(6-20)26-18(16)14(19)7-22-26/h2-3,7,11,21H,4-5,8-10H2,1H3/t11-/m1/s1. The number of nitrogens with zero attached hydrogens (tertiary/aromatic N) is 6. The molecule has 26 heavy (non-hydrogen) atoms. The van der Waals surface area contributed by atoms with Gasteiger partial charge in [-0.3, -0.25) is 4.68 Å². The van der Waals surface area contributed by atoms with Crippen LogP contribution in [0.4, 0.5) is 10.1 Å². The van der Waals surface area contributed by atoms with Gasteiger partial charge in [0.05, 0.1) is 35.9 Å². The molecule has 1 N–H and O–H groups in total. The van der Waals surface area contributed by atoms with Gasteiger partial charge in [0.15, 0.2) is 5.82 Å². The van der Waals surface area contributed by atoms with E-state index in [0.717, 1.165) is 37.4 Å². The van der Waals surface area contributed by atoms with Crippen LogP contribution in [0.15, 0.2) is 18.3 Å². The van der Waals surface area contributed by atoms with Crippen LogP contribution < -0.4 is 10.2 Å². The van der Waals surface area contributed by atoms with Gasteiger partial charge in [-0.1, -0.05) is 0 Å². The fourth-order valence-corrected chi connectivity index (χ4v) is 4.15. The summed E-state index contributed by atoms with van der Waals surface area (Å²) >= 11 is 0. The Kier molecular flexibility index (Phi) is 3.27. The Hall–Kier alpha value is -2.92. The Morgan fingerprint density at radius 3 is 3.12 bits per heavy atom. The number of fused-ring (bicyclic) bond motifs is 4. The van der Waals surface area contributed by atoms with E-state index >= 15 is 0 Å². The number of hydrogen-bond acceptors (Lipinski definition) is 5. The number of aromatic nitrogens is 4. The SMILES string of the molecule is C[C@@H]1CN(c2ccc(C#N)n3ncc(F)c23)Cc2c3c(nn21)CNCC3. The normalized spacial score (nSPS) is 19.3. The van der Waals surface area contributed by atoms with Gasteiger partial charge >= 0.3 is 0 Å². The molecule has 5 rings (SSSR count). The van der Waals surface area contributed by atoms with Crippen molar-refractivity contribution in [1.82, 2.24) is 24.7 Å². The Bertz CT molecular complexity index is 1060. The Morgan fingerprint density at radius 1 is 1.38 bits per heavy atom. The first-order valence-electron chi connectivity index (χ1n) is 8.78. The van der Waals surface area contributed by atoms with Crippen LogP contribution in [-0.4, -0.2) is 32.5 Å². The van der Waals surface area contributed by atoms with Gasteiger partial charge in [-0.2, -0.15) is 15.5 Å². The van der Waals surface area contributed by atoms with Gasteiger partial charge < -0.3 is 10.2 Å². The molecule has 0 saturated carbocycles. The Labute approximate surface area is 149 Å². The number of rotatable bonds is 1. The number of halogens is 1. The third-order valence-corrected chi connectivity index (χ3v) is 5.34. The summed E-state index contributed by atoms with van der Waals surface area (Å²) in [6.45, 7) is 5.31. The molecule has 0 aliphatic carbocycles. The first-order chi connectivity index (χ1) is 12.7. The third-order valence-electron chi connectivity index (χ3n) is 5.34. The summed E-state index contributed by atoms with van der Waals surface area (Å²) < 4.78 is 18.0. The van der Waals surface area contributed by atoms with Crippen molar-refractivity contribution >= 4 is 11.2 Å². The van der Waals surface area contributed by atoms with Gasteiger partial charge in [0.25, 0.3) is 0 Å². The lowest BCUT2D eigenvalue weighted by Gasteiger charge is -2.34. The summed E-state index contributed by atoms with van der Waals surface area (Å²) in [6.07, 6.45) is 2.14. The van der Waals surface area contributed by atoms with Gasteiger partial charge in [-0.15, -0.1) is 0 Å². The number of anilines is 1. The van der Waals surface area contributed by atoms with Crippen LogP contribution in [0.1, 0.15) is 35.6 Å². The quantitative estimate of drug-likeness (QED) is 0.723. The average molecular weight is 351 g/mol. The van der Waals surface area contributed by atoms with E-state index in [1.54, 1.807) is 6.07 Å². The minimum atomic E-state index is -0.407. The molecule has 0 bridgehead atoms. The van der Waals surface area contributed by atoms with Crippen molar-refractivity contribution in [3.8, 4) is 6.07 Å². The van der Waals surface area contributed by atoms with E-state index in [1.807, 2.05) is 6.07 Å². The molecule has 2 aliphatic heterocycles. The molecule has 0 spiro atoms. The molecule has 0 radical (unpaired) electrons. The molecule has 0 amide bonds. The van der Waals surface area contributed by atoms with Crippen molar-refractivity contribution in [3.63, 3.8) is 0 Å². The maximum atomic E-state index is 14.4. The van der Waals surface area contributed by atoms with Gasteiger partial charge in [-0.05, 0) is 32.0 Å². The summed E-state index contributed by atoms with van der Waals surface area (Å²) in [5, 5.41) is 21.5. The Morgan fingerprint density at radius 2 is 2.27 bits per heavy atom. The van der Waals surface area contributed by atoms with Crippen molar-refractivity contribution in [2.24, 2.45) is 0 Å². The second kappa shape index (κ2) is 5.54. The third kappa shape index (κ3) is 2.07. The van der Waals surface area contributed by atoms with Gasteiger partial charge in [0.2, 0.25) is 0 Å². The number of nitriles is 1. The number of nitrogens with one attached hydrogen (secondary N) is 1. The second-order valence-corrected chi connectivity index (χ2v) is 6.94. The van der Waals surface area contributed by atoms with E-state index in [2.05, 4.69) is 33.0 Å². The highest BCUT2D eigenvalue weighted by Crippen LogP contribution is 2.33. The minimum absolute atomic E-state index is 0.186. The van der Waals surface area contributed by atoms with Crippen LogP contribution in [-0.2, 0) is 19.5 Å². The largest absolute Gasteiger partial charge is 0.362 e. The molecular weight excluding hydrogens is 333 g/mol. The van der Waals surface area contributed by atoms with E-state index in [-0.39, 0.29) is 6.04 Å². The maximum absolute atomic E-state index is 14.4. The monoisotopic (exact) mass is 351 g/mol. The van der Waals surface area contributed by atoms with Gasteiger partial charge in [-0.25, -0.2) is 8.91 Å². The lowest BCUT2D eigenvalue weighted by molar-refractivity contribution is 0.423. The summed E-state index contributed by atoms with van der Waals surface area (Å²) in [5.74, 6) is -0.407. The summed E-state index contributed by atoms with van der Waals surface area (Å²) in [4.78, 5) is 2.17. The summed E-state index contributed by atoms with van der Waals surface area (Å²) in [7, 11) is 0. The highest BCUT2D eigenvalue weighted by atomic mass is 19.1. The van der Waals surface area contributed by atoms with Crippen molar-refractivity contribution in [1.29, 1.82) is 5.26 Å². The van der Waals surface area contributed by atoms with Crippen LogP contribution in [0.3, 0.4) is 0 Å². The van der Waals surface area contributed by atoms with E-state index in [0.29, 0.717) is 17.8 Å². The average Bonchev–Trinajstić information content (AvgIpc) is 3.23. The van der Waals surface area contributed by atoms with Crippen LogP contribution in [0.5, 0.6) is 0 Å². The molecule has 0 fully saturated rings. The van der Waals surface area contributed by atoms with Crippen LogP contribution in [0.2, 0.25) is 0 Å². The molecule has 7 nitrogen and oxygen atoms in total. The van der Waals surface area contributed by atoms with Crippen molar-refractivity contribution in [3.05, 3.63) is 46.8 Å². The topological polar surface area (TPSA) is 74.2 Å². The lowest BCUT2D eigenvalue weighted by Crippen LogP contribution is -2.37. The molecule has 0 aromatic carbocycles.